The van der Waals surface area contributed by atoms with E-state index in [-0.39, 0.29) is 5.91 Å². The Hall–Kier alpha value is -3.22. The highest BCUT2D eigenvalue weighted by Gasteiger charge is 2.22. The topological polar surface area (TPSA) is 78.5 Å². The molecule has 1 aliphatic heterocycles. The summed E-state index contributed by atoms with van der Waals surface area (Å²) in [7, 11) is 0. The number of carbonyl (C=O) groups is 3. The van der Waals surface area contributed by atoms with Gasteiger partial charge in [-0.1, -0.05) is 6.07 Å². The zero-order chi connectivity index (χ0) is 17.8. The molecule has 1 heterocycles. The Morgan fingerprint density at radius 1 is 0.960 bits per heavy atom. The third-order valence-electron chi connectivity index (χ3n) is 3.80. The predicted molar refractivity (Wildman–Crippen MR) is 91.7 cm³/mol. The molecule has 0 bridgehead atoms. The molecule has 0 spiro atoms. The van der Waals surface area contributed by atoms with Gasteiger partial charge in [0.05, 0.1) is 0 Å². The SMILES string of the molecule is O=C(Nc1ccc(F)cc1)C(=O)Nc1cccc(N2CCCC2=O)c1. The number of carbonyl (C=O) groups excluding carboxylic acids is 3. The second-order valence-corrected chi connectivity index (χ2v) is 5.61. The number of hydrogen-bond donors (Lipinski definition) is 2. The van der Waals surface area contributed by atoms with E-state index in [1.54, 1.807) is 29.2 Å². The van der Waals surface area contributed by atoms with Gasteiger partial charge < -0.3 is 15.5 Å². The molecule has 128 valence electrons. The minimum atomic E-state index is -0.866. The average molecular weight is 341 g/mol. The van der Waals surface area contributed by atoms with Crippen LogP contribution in [0.4, 0.5) is 21.5 Å². The lowest BCUT2D eigenvalue weighted by molar-refractivity contribution is -0.132. The van der Waals surface area contributed by atoms with Gasteiger partial charge in [0.15, 0.2) is 0 Å². The minimum absolute atomic E-state index is 0.0394. The van der Waals surface area contributed by atoms with Crippen LogP contribution in [0.5, 0.6) is 0 Å². The van der Waals surface area contributed by atoms with Crippen LogP contribution in [-0.2, 0) is 14.4 Å². The van der Waals surface area contributed by atoms with Gasteiger partial charge >= 0.3 is 11.8 Å². The van der Waals surface area contributed by atoms with Gasteiger partial charge in [-0.3, -0.25) is 14.4 Å². The number of amides is 3. The number of rotatable bonds is 3. The van der Waals surface area contributed by atoms with Crippen molar-refractivity contribution in [3.8, 4) is 0 Å². The molecule has 25 heavy (non-hydrogen) atoms. The fourth-order valence-electron chi connectivity index (χ4n) is 2.58. The van der Waals surface area contributed by atoms with Crippen LogP contribution in [0.3, 0.4) is 0 Å². The second-order valence-electron chi connectivity index (χ2n) is 5.61. The summed E-state index contributed by atoms with van der Waals surface area (Å²) in [5.41, 5.74) is 1.41. The average Bonchev–Trinajstić information content (AvgIpc) is 3.03. The first-order valence-corrected chi connectivity index (χ1v) is 7.81. The first-order chi connectivity index (χ1) is 12.0. The Bertz CT molecular complexity index is 821. The number of halogens is 1. The second kappa shape index (κ2) is 7.12. The Morgan fingerprint density at radius 3 is 2.28 bits per heavy atom. The molecular formula is C18H16FN3O3. The van der Waals surface area contributed by atoms with Crippen LogP contribution >= 0.6 is 0 Å². The first-order valence-electron chi connectivity index (χ1n) is 7.81. The van der Waals surface area contributed by atoms with Crippen LogP contribution in [0.15, 0.2) is 48.5 Å². The number of benzene rings is 2. The molecule has 0 atom stereocenters. The molecular weight excluding hydrogens is 325 g/mol. The molecule has 0 radical (unpaired) electrons. The van der Waals surface area contributed by atoms with E-state index in [9.17, 15) is 18.8 Å². The Kier molecular flexibility index (Phi) is 4.74. The lowest BCUT2D eigenvalue weighted by Gasteiger charge is -2.16. The Labute approximate surface area is 143 Å². The highest BCUT2D eigenvalue weighted by molar-refractivity contribution is 6.43. The summed E-state index contributed by atoms with van der Waals surface area (Å²) in [6.45, 7) is 0.640. The van der Waals surface area contributed by atoms with E-state index in [4.69, 9.17) is 0 Å². The lowest BCUT2D eigenvalue weighted by atomic mass is 10.2. The van der Waals surface area contributed by atoms with Gasteiger partial charge in [-0.15, -0.1) is 0 Å². The van der Waals surface area contributed by atoms with Gasteiger partial charge in [0.25, 0.3) is 0 Å². The molecule has 3 amide bonds. The molecule has 1 saturated heterocycles. The van der Waals surface area contributed by atoms with Crippen LogP contribution in [0.1, 0.15) is 12.8 Å². The predicted octanol–water partition coefficient (Wildman–Crippen LogP) is 2.53. The number of nitrogens with one attached hydrogen (secondary N) is 2. The van der Waals surface area contributed by atoms with Crippen molar-refractivity contribution in [1.82, 2.24) is 0 Å². The van der Waals surface area contributed by atoms with Crippen molar-refractivity contribution in [3.63, 3.8) is 0 Å². The summed E-state index contributed by atoms with van der Waals surface area (Å²) in [5, 5.41) is 4.87. The van der Waals surface area contributed by atoms with Crippen molar-refractivity contribution in [2.24, 2.45) is 0 Å². The van der Waals surface area contributed by atoms with E-state index in [1.807, 2.05) is 0 Å². The van der Waals surface area contributed by atoms with Crippen molar-refractivity contribution in [2.45, 2.75) is 12.8 Å². The molecule has 0 saturated carbocycles. The van der Waals surface area contributed by atoms with Gasteiger partial charge in [0, 0.05) is 30.0 Å². The van der Waals surface area contributed by atoms with Crippen LogP contribution in [0, 0.1) is 5.82 Å². The van der Waals surface area contributed by atoms with Gasteiger partial charge in [-0.2, -0.15) is 0 Å². The zero-order valence-electron chi connectivity index (χ0n) is 13.3. The van der Waals surface area contributed by atoms with Gasteiger partial charge in [-0.25, -0.2) is 4.39 Å². The third-order valence-corrected chi connectivity index (χ3v) is 3.80. The maximum atomic E-state index is 12.8. The molecule has 0 unspecified atom stereocenters. The summed E-state index contributed by atoms with van der Waals surface area (Å²) in [4.78, 5) is 37.4. The summed E-state index contributed by atoms with van der Waals surface area (Å²) >= 11 is 0. The molecule has 6 nitrogen and oxygen atoms in total. The summed E-state index contributed by atoms with van der Waals surface area (Å²) in [5.74, 6) is -2.11. The molecule has 0 aliphatic carbocycles. The minimum Gasteiger partial charge on any atom is -0.318 e. The monoisotopic (exact) mass is 341 g/mol. The summed E-state index contributed by atoms with van der Waals surface area (Å²) < 4.78 is 12.8. The molecule has 2 aromatic carbocycles. The van der Waals surface area contributed by atoms with Crippen LogP contribution < -0.4 is 15.5 Å². The van der Waals surface area contributed by atoms with Crippen molar-refractivity contribution < 1.29 is 18.8 Å². The smallest absolute Gasteiger partial charge is 0.314 e. The first kappa shape index (κ1) is 16.6. The summed E-state index contributed by atoms with van der Waals surface area (Å²) in [6, 6.07) is 11.8. The number of anilines is 3. The zero-order valence-corrected chi connectivity index (χ0v) is 13.3. The fraction of sp³-hybridized carbons (Fsp3) is 0.167. The maximum Gasteiger partial charge on any atom is 0.314 e. The molecule has 7 heteroatoms. The van der Waals surface area contributed by atoms with Crippen LogP contribution in [0.2, 0.25) is 0 Å². The van der Waals surface area contributed by atoms with Crippen molar-refractivity contribution in [2.75, 3.05) is 22.1 Å². The van der Waals surface area contributed by atoms with Gasteiger partial charge in [-0.05, 0) is 48.9 Å². The van der Waals surface area contributed by atoms with Gasteiger partial charge in [0.2, 0.25) is 5.91 Å². The van der Waals surface area contributed by atoms with E-state index in [1.165, 1.54) is 24.3 Å². The maximum absolute atomic E-state index is 12.8. The molecule has 2 N–H and O–H groups in total. The van der Waals surface area contributed by atoms with Gasteiger partial charge in [0.1, 0.15) is 5.82 Å². The standard InChI is InChI=1S/C18H16FN3O3/c19-12-6-8-13(9-7-12)20-17(24)18(25)21-14-3-1-4-15(11-14)22-10-2-5-16(22)23/h1,3-4,6-9,11H,2,5,10H2,(H,20,24)(H,21,25). The van der Waals surface area contributed by atoms with Crippen molar-refractivity contribution in [3.05, 3.63) is 54.3 Å². The highest BCUT2D eigenvalue weighted by Crippen LogP contribution is 2.24. The van der Waals surface area contributed by atoms with Crippen LogP contribution in [0.25, 0.3) is 0 Å². The lowest BCUT2D eigenvalue weighted by Crippen LogP contribution is -2.29. The van der Waals surface area contributed by atoms with E-state index in [2.05, 4.69) is 10.6 Å². The van der Waals surface area contributed by atoms with Crippen molar-refractivity contribution in [1.29, 1.82) is 0 Å². The molecule has 0 aromatic heterocycles. The number of hydrogen-bond acceptors (Lipinski definition) is 3. The van der Waals surface area contributed by atoms with E-state index >= 15 is 0 Å². The highest BCUT2D eigenvalue weighted by atomic mass is 19.1. The Morgan fingerprint density at radius 2 is 1.64 bits per heavy atom. The van der Waals surface area contributed by atoms with E-state index in [0.717, 1.165) is 6.42 Å². The Balaban J connectivity index is 1.65. The molecule has 3 rings (SSSR count). The molecule has 1 fully saturated rings. The summed E-state index contributed by atoms with van der Waals surface area (Å²) in [6.07, 6.45) is 1.31. The molecule has 2 aromatic rings. The van der Waals surface area contributed by atoms with Crippen molar-refractivity contribution >= 4 is 34.8 Å². The van der Waals surface area contributed by atoms with Crippen LogP contribution in [-0.4, -0.2) is 24.3 Å². The quantitative estimate of drug-likeness (QED) is 0.842. The largest absolute Gasteiger partial charge is 0.318 e. The number of nitrogens with zero attached hydrogens (tertiary/aromatic N) is 1. The third kappa shape index (κ3) is 4.00. The van der Waals surface area contributed by atoms with E-state index in [0.29, 0.717) is 30.0 Å². The van der Waals surface area contributed by atoms with E-state index < -0.39 is 17.6 Å². The normalized spacial score (nSPS) is 13.6. The molecule has 1 aliphatic rings. The fourth-order valence-corrected chi connectivity index (χ4v) is 2.58.